The summed E-state index contributed by atoms with van der Waals surface area (Å²) in [4.78, 5) is 11.2. The van der Waals surface area contributed by atoms with Gasteiger partial charge in [-0.1, -0.05) is 13.8 Å². The Bertz CT molecular complexity index is 382. The van der Waals surface area contributed by atoms with Crippen molar-refractivity contribution in [1.82, 2.24) is 10.0 Å². The molecule has 0 saturated carbocycles. The molecule has 0 aromatic heterocycles. The number of rotatable bonds is 12. The van der Waals surface area contributed by atoms with Crippen molar-refractivity contribution >= 4 is 15.9 Å². The molecule has 0 fully saturated rings. The molecule has 1 amide bonds. The fourth-order valence-corrected chi connectivity index (χ4v) is 1.90. The highest BCUT2D eigenvalue weighted by Gasteiger charge is 2.13. The lowest BCUT2D eigenvalue weighted by Crippen LogP contribution is -2.33. The van der Waals surface area contributed by atoms with Crippen LogP contribution in [0, 0.1) is 5.92 Å². The zero-order valence-corrected chi connectivity index (χ0v) is 14.2. The number of sulfonamides is 1. The third kappa shape index (κ3) is 10.6. The lowest BCUT2D eigenvalue weighted by Gasteiger charge is -2.10. The highest BCUT2D eigenvalue weighted by atomic mass is 32.2. The van der Waals surface area contributed by atoms with Crippen LogP contribution in [0.3, 0.4) is 0 Å². The largest absolute Gasteiger partial charge is 0.378 e. The van der Waals surface area contributed by atoms with Crippen LogP contribution in [0.15, 0.2) is 0 Å². The van der Waals surface area contributed by atoms with Gasteiger partial charge in [-0.3, -0.25) is 4.79 Å². The molecule has 0 aromatic rings. The van der Waals surface area contributed by atoms with Gasteiger partial charge in [-0.2, -0.15) is 0 Å². The summed E-state index contributed by atoms with van der Waals surface area (Å²) in [6.07, 6.45) is 0. The van der Waals surface area contributed by atoms with Gasteiger partial charge < -0.3 is 14.8 Å². The van der Waals surface area contributed by atoms with Crippen molar-refractivity contribution in [3.05, 3.63) is 0 Å². The van der Waals surface area contributed by atoms with E-state index in [0.29, 0.717) is 33.0 Å². The minimum absolute atomic E-state index is 0.00675. The van der Waals surface area contributed by atoms with Crippen LogP contribution in [-0.2, 0) is 24.3 Å². The number of nitrogens with one attached hydrogen (secondary N) is 2. The van der Waals surface area contributed by atoms with E-state index in [2.05, 4.69) is 10.0 Å². The highest BCUT2D eigenvalue weighted by molar-refractivity contribution is 7.90. The molecule has 0 radical (unpaired) electrons. The first-order valence-corrected chi connectivity index (χ1v) is 8.73. The summed E-state index contributed by atoms with van der Waals surface area (Å²) in [6, 6.07) is 0. The smallest absolute Gasteiger partial charge is 0.222 e. The van der Waals surface area contributed by atoms with Crippen LogP contribution in [0.25, 0.3) is 0 Å². The van der Waals surface area contributed by atoms with Gasteiger partial charge in [-0.15, -0.1) is 0 Å². The first-order valence-electron chi connectivity index (χ1n) is 7.19. The summed E-state index contributed by atoms with van der Waals surface area (Å²) >= 11 is 0. The fraction of sp³-hybridized carbons (Fsp3) is 0.923. The zero-order chi connectivity index (χ0) is 16.3. The van der Waals surface area contributed by atoms with Gasteiger partial charge in [-0.25, -0.2) is 13.1 Å². The van der Waals surface area contributed by atoms with Crippen molar-refractivity contribution in [2.75, 3.05) is 39.5 Å². The van der Waals surface area contributed by atoms with Gasteiger partial charge in [0.1, 0.15) is 0 Å². The average molecular weight is 324 g/mol. The number of amides is 1. The second kappa shape index (κ2) is 10.9. The molecule has 0 unspecified atom stereocenters. The van der Waals surface area contributed by atoms with E-state index in [1.54, 1.807) is 13.8 Å². The van der Waals surface area contributed by atoms with Gasteiger partial charge in [0.2, 0.25) is 15.9 Å². The Hall–Kier alpha value is -0.700. The Morgan fingerprint density at radius 2 is 1.48 bits per heavy atom. The van der Waals surface area contributed by atoms with Crippen LogP contribution >= 0.6 is 0 Å². The second-order valence-electron chi connectivity index (χ2n) is 5.16. The van der Waals surface area contributed by atoms with Gasteiger partial charge in [-0.05, 0) is 13.8 Å². The van der Waals surface area contributed by atoms with E-state index in [1.165, 1.54) is 0 Å². The van der Waals surface area contributed by atoms with E-state index < -0.39 is 15.3 Å². The van der Waals surface area contributed by atoms with Crippen molar-refractivity contribution in [3.8, 4) is 0 Å². The number of carbonyl (C=O) groups excluding carboxylic acids is 1. The summed E-state index contributed by atoms with van der Waals surface area (Å²) in [5, 5.41) is 2.30. The number of carbonyl (C=O) groups is 1. The van der Waals surface area contributed by atoms with Gasteiger partial charge in [0.05, 0.1) is 31.7 Å². The van der Waals surface area contributed by atoms with Crippen LogP contribution in [0.1, 0.15) is 27.7 Å². The first-order chi connectivity index (χ1) is 9.77. The zero-order valence-electron chi connectivity index (χ0n) is 13.3. The van der Waals surface area contributed by atoms with Crippen molar-refractivity contribution < 1.29 is 22.7 Å². The first kappa shape index (κ1) is 20.3. The van der Waals surface area contributed by atoms with E-state index in [9.17, 15) is 13.2 Å². The quantitative estimate of drug-likeness (QED) is 0.497. The lowest BCUT2D eigenvalue weighted by molar-refractivity contribution is -0.124. The SMILES string of the molecule is CC(C)C(=O)NCCOCCOCCNS(=O)(=O)C(C)C. The summed E-state index contributed by atoms with van der Waals surface area (Å²) < 4.78 is 35.8. The molecule has 0 aliphatic carbocycles. The topological polar surface area (TPSA) is 93.7 Å². The van der Waals surface area contributed by atoms with Gasteiger partial charge >= 0.3 is 0 Å². The predicted molar refractivity (Wildman–Crippen MR) is 81.5 cm³/mol. The summed E-state index contributed by atoms with van der Waals surface area (Å²) in [5.74, 6) is -0.0183. The van der Waals surface area contributed by atoms with Crippen LogP contribution in [-0.4, -0.2) is 59.1 Å². The van der Waals surface area contributed by atoms with E-state index in [-0.39, 0.29) is 18.4 Å². The molecular weight excluding hydrogens is 296 g/mol. The van der Waals surface area contributed by atoms with Crippen LogP contribution in [0.4, 0.5) is 0 Å². The van der Waals surface area contributed by atoms with Crippen LogP contribution in [0.2, 0.25) is 0 Å². The third-order valence-corrected chi connectivity index (χ3v) is 4.46. The Morgan fingerprint density at radius 1 is 0.952 bits per heavy atom. The van der Waals surface area contributed by atoms with Crippen molar-refractivity contribution in [1.29, 1.82) is 0 Å². The maximum Gasteiger partial charge on any atom is 0.222 e. The molecule has 0 saturated heterocycles. The molecule has 0 atom stereocenters. The maximum atomic E-state index is 11.4. The lowest BCUT2D eigenvalue weighted by atomic mass is 10.2. The molecule has 0 aromatic carbocycles. The molecule has 0 rings (SSSR count). The maximum absolute atomic E-state index is 11.4. The summed E-state index contributed by atoms with van der Waals surface area (Å²) in [6.45, 7) is 9.17. The monoisotopic (exact) mass is 324 g/mol. The summed E-state index contributed by atoms with van der Waals surface area (Å²) in [7, 11) is -3.22. The van der Waals surface area contributed by atoms with Crippen LogP contribution < -0.4 is 10.0 Å². The molecule has 0 spiro atoms. The molecule has 7 nitrogen and oxygen atoms in total. The van der Waals surface area contributed by atoms with Crippen molar-refractivity contribution in [2.24, 2.45) is 5.92 Å². The minimum Gasteiger partial charge on any atom is -0.378 e. The molecule has 0 bridgehead atoms. The third-order valence-electron chi connectivity index (χ3n) is 2.61. The Morgan fingerprint density at radius 3 is 1.95 bits per heavy atom. The Balaban J connectivity index is 3.36. The average Bonchev–Trinajstić information content (AvgIpc) is 2.40. The number of hydrogen-bond donors (Lipinski definition) is 2. The Labute approximate surface area is 127 Å². The van der Waals surface area contributed by atoms with Crippen LogP contribution in [0.5, 0.6) is 0 Å². The van der Waals surface area contributed by atoms with E-state index in [4.69, 9.17) is 9.47 Å². The van der Waals surface area contributed by atoms with E-state index >= 15 is 0 Å². The molecule has 126 valence electrons. The molecule has 0 aliphatic rings. The Kier molecular flexibility index (Phi) is 10.6. The second-order valence-corrected chi connectivity index (χ2v) is 7.48. The van der Waals surface area contributed by atoms with Gasteiger partial charge in [0.15, 0.2) is 0 Å². The molecule has 21 heavy (non-hydrogen) atoms. The summed E-state index contributed by atoms with van der Waals surface area (Å²) in [5.41, 5.74) is 0. The molecule has 0 heterocycles. The van der Waals surface area contributed by atoms with Crippen molar-refractivity contribution in [2.45, 2.75) is 32.9 Å². The van der Waals surface area contributed by atoms with E-state index in [1.807, 2.05) is 13.8 Å². The number of ether oxygens (including phenoxy) is 2. The van der Waals surface area contributed by atoms with Gasteiger partial charge in [0, 0.05) is 19.0 Å². The molecular formula is C13H28N2O5S. The minimum atomic E-state index is -3.22. The highest BCUT2D eigenvalue weighted by Crippen LogP contribution is 1.94. The molecule has 8 heteroatoms. The normalized spacial score (nSPS) is 12.1. The molecule has 2 N–H and O–H groups in total. The van der Waals surface area contributed by atoms with Gasteiger partial charge in [0.25, 0.3) is 0 Å². The molecule has 0 aliphatic heterocycles. The predicted octanol–water partition coefficient (Wildman–Crippen LogP) is 0.120. The standard InChI is InChI=1S/C13H28N2O5S/c1-11(2)13(16)14-5-7-19-9-10-20-8-6-15-21(17,18)12(3)4/h11-12,15H,5-10H2,1-4H3,(H,14,16). The fourth-order valence-electron chi connectivity index (χ4n) is 1.20. The van der Waals surface area contributed by atoms with E-state index in [0.717, 1.165) is 0 Å². The number of hydrogen-bond acceptors (Lipinski definition) is 5. The van der Waals surface area contributed by atoms with Crippen molar-refractivity contribution in [3.63, 3.8) is 0 Å².